The summed E-state index contributed by atoms with van der Waals surface area (Å²) >= 11 is 0. The zero-order valence-corrected chi connectivity index (χ0v) is 10.1. The van der Waals surface area contributed by atoms with Crippen molar-refractivity contribution in [2.45, 2.75) is 25.9 Å². The first-order valence-corrected chi connectivity index (χ1v) is 5.84. The number of furan rings is 1. The smallest absolute Gasteiger partial charge is 0.126 e. The largest absolute Gasteiger partial charge is 0.469 e. The van der Waals surface area contributed by atoms with Gasteiger partial charge in [0, 0.05) is 25.1 Å². The van der Waals surface area contributed by atoms with E-state index in [1.807, 2.05) is 19.1 Å². The zero-order valence-electron chi connectivity index (χ0n) is 10.1. The molecule has 0 fully saturated rings. The van der Waals surface area contributed by atoms with Crippen LogP contribution in [0, 0.1) is 11.6 Å². The Labute approximate surface area is 105 Å². The minimum Gasteiger partial charge on any atom is -0.469 e. The molecule has 1 aromatic carbocycles. The molecular weight excluding hydrogens is 236 g/mol. The number of hydrogen-bond acceptors (Lipinski definition) is 2. The van der Waals surface area contributed by atoms with Crippen LogP contribution in [-0.2, 0) is 13.0 Å². The summed E-state index contributed by atoms with van der Waals surface area (Å²) < 4.78 is 31.2. The quantitative estimate of drug-likeness (QED) is 0.882. The Morgan fingerprint density at radius 2 is 1.94 bits per heavy atom. The number of hydrogen-bond donors (Lipinski definition) is 1. The van der Waals surface area contributed by atoms with Crippen LogP contribution >= 0.6 is 0 Å². The molecule has 4 heteroatoms. The third-order valence-electron chi connectivity index (χ3n) is 2.66. The molecule has 0 amide bonds. The van der Waals surface area contributed by atoms with Gasteiger partial charge in [0.2, 0.25) is 0 Å². The molecule has 0 aliphatic carbocycles. The van der Waals surface area contributed by atoms with Crippen LogP contribution in [0.3, 0.4) is 0 Å². The predicted octanol–water partition coefficient (Wildman–Crippen LogP) is 3.28. The molecule has 0 saturated carbocycles. The standard InChI is InChI=1S/C14H15F2NO/c1-10(5-14-3-2-4-18-14)17-9-11-6-12(15)8-13(16)7-11/h2-4,6-8,10,17H,5,9H2,1H3. The molecule has 0 aliphatic rings. The SMILES string of the molecule is CC(Cc1ccco1)NCc1cc(F)cc(F)c1. The van der Waals surface area contributed by atoms with Crippen LogP contribution in [-0.4, -0.2) is 6.04 Å². The van der Waals surface area contributed by atoms with Gasteiger partial charge in [0.05, 0.1) is 6.26 Å². The van der Waals surface area contributed by atoms with Crippen molar-refractivity contribution in [2.24, 2.45) is 0 Å². The maximum Gasteiger partial charge on any atom is 0.126 e. The molecule has 18 heavy (non-hydrogen) atoms. The van der Waals surface area contributed by atoms with E-state index in [1.165, 1.54) is 12.1 Å². The van der Waals surface area contributed by atoms with Crippen molar-refractivity contribution < 1.29 is 13.2 Å². The first-order chi connectivity index (χ1) is 8.63. The lowest BCUT2D eigenvalue weighted by molar-refractivity contribution is 0.455. The highest BCUT2D eigenvalue weighted by Crippen LogP contribution is 2.09. The Bertz CT molecular complexity index is 476. The molecule has 0 aliphatic heterocycles. The Balaban J connectivity index is 1.87. The van der Waals surface area contributed by atoms with Gasteiger partial charge in [-0.3, -0.25) is 0 Å². The summed E-state index contributed by atoms with van der Waals surface area (Å²) in [6, 6.07) is 7.44. The molecule has 0 radical (unpaired) electrons. The summed E-state index contributed by atoms with van der Waals surface area (Å²) in [5.41, 5.74) is 0.596. The van der Waals surface area contributed by atoms with Crippen LogP contribution in [0.15, 0.2) is 41.0 Å². The maximum atomic E-state index is 13.0. The van der Waals surface area contributed by atoms with Crippen LogP contribution < -0.4 is 5.32 Å². The van der Waals surface area contributed by atoms with E-state index >= 15 is 0 Å². The third-order valence-corrected chi connectivity index (χ3v) is 2.66. The van der Waals surface area contributed by atoms with Crippen LogP contribution in [0.1, 0.15) is 18.2 Å². The second-order valence-corrected chi connectivity index (χ2v) is 4.34. The van der Waals surface area contributed by atoms with E-state index in [0.717, 1.165) is 18.2 Å². The Morgan fingerprint density at radius 1 is 1.22 bits per heavy atom. The van der Waals surface area contributed by atoms with Crippen molar-refractivity contribution in [3.8, 4) is 0 Å². The molecule has 0 spiro atoms. The van der Waals surface area contributed by atoms with E-state index in [1.54, 1.807) is 6.26 Å². The van der Waals surface area contributed by atoms with Gasteiger partial charge in [-0.2, -0.15) is 0 Å². The van der Waals surface area contributed by atoms with Crippen molar-refractivity contribution in [1.82, 2.24) is 5.32 Å². The summed E-state index contributed by atoms with van der Waals surface area (Å²) in [5, 5.41) is 3.20. The average molecular weight is 251 g/mol. The average Bonchev–Trinajstić information content (AvgIpc) is 2.78. The minimum atomic E-state index is -0.550. The predicted molar refractivity (Wildman–Crippen MR) is 65.1 cm³/mol. The monoisotopic (exact) mass is 251 g/mol. The van der Waals surface area contributed by atoms with Crippen molar-refractivity contribution in [3.63, 3.8) is 0 Å². The summed E-state index contributed by atoms with van der Waals surface area (Å²) in [5.74, 6) is -0.212. The fourth-order valence-corrected chi connectivity index (χ4v) is 1.81. The topological polar surface area (TPSA) is 25.2 Å². The van der Waals surface area contributed by atoms with E-state index in [4.69, 9.17) is 4.42 Å². The van der Waals surface area contributed by atoms with Crippen LogP contribution in [0.2, 0.25) is 0 Å². The van der Waals surface area contributed by atoms with Crippen molar-refractivity contribution >= 4 is 0 Å². The fraction of sp³-hybridized carbons (Fsp3) is 0.286. The van der Waals surface area contributed by atoms with E-state index in [0.29, 0.717) is 12.1 Å². The Morgan fingerprint density at radius 3 is 2.56 bits per heavy atom. The highest BCUT2D eigenvalue weighted by Gasteiger charge is 2.06. The maximum absolute atomic E-state index is 13.0. The van der Waals surface area contributed by atoms with Crippen LogP contribution in [0.5, 0.6) is 0 Å². The Kier molecular flexibility index (Phi) is 4.10. The second-order valence-electron chi connectivity index (χ2n) is 4.34. The van der Waals surface area contributed by atoms with Gasteiger partial charge in [0.15, 0.2) is 0 Å². The van der Waals surface area contributed by atoms with Gasteiger partial charge in [-0.15, -0.1) is 0 Å². The van der Waals surface area contributed by atoms with Crippen LogP contribution in [0.25, 0.3) is 0 Å². The molecule has 96 valence electrons. The van der Waals surface area contributed by atoms with Gasteiger partial charge < -0.3 is 9.73 Å². The number of nitrogens with one attached hydrogen (secondary N) is 1. The molecule has 1 atom stereocenters. The molecule has 0 saturated heterocycles. The van der Waals surface area contributed by atoms with E-state index in [2.05, 4.69) is 5.32 Å². The van der Waals surface area contributed by atoms with Gasteiger partial charge >= 0.3 is 0 Å². The second kappa shape index (κ2) is 5.78. The lowest BCUT2D eigenvalue weighted by Gasteiger charge is -2.12. The van der Waals surface area contributed by atoms with E-state index in [9.17, 15) is 8.78 Å². The van der Waals surface area contributed by atoms with Gasteiger partial charge in [0.1, 0.15) is 17.4 Å². The summed E-state index contributed by atoms with van der Waals surface area (Å²) in [4.78, 5) is 0. The molecule has 1 N–H and O–H groups in total. The van der Waals surface area contributed by atoms with Gasteiger partial charge in [-0.25, -0.2) is 8.78 Å². The minimum absolute atomic E-state index is 0.169. The first kappa shape index (κ1) is 12.8. The molecule has 1 unspecified atom stereocenters. The summed E-state index contributed by atoms with van der Waals surface area (Å²) in [6.07, 6.45) is 2.37. The normalized spacial score (nSPS) is 12.6. The third kappa shape index (κ3) is 3.67. The Hall–Kier alpha value is -1.68. The highest BCUT2D eigenvalue weighted by atomic mass is 19.1. The molecule has 2 aromatic rings. The van der Waals surface area contributed by atoms with E-state index in [-0.39, 0.29) is 6.04 Å². The van der Waals surface area contributed by atoms with Gasteiger partial charge in [-0.1, -0.05) is 0 Å². The molecular formula is C14H15F2NO. The van der Waals surface area contributed by atoms with Crippen molar-refractivity contribution in [1.29, 1.82) is 0 Å². The molecule has 1 heterocycles. The lowest BCUT2D eigenvalue weighted by Crippen LogP contribution is -2.27. The first-order valence-electron chi connectivity index (χ1n) is 5.84. The molecule has 0 bridgehead atoms. The number of benzene rings is 1. The highest BCUT2D eigenvalue weighted by molar-refractivity contribution is 5.17. The number of rotatable bonds is 5. The fourth-order valence-electron chi connectivity index (χ4n) is 1.81. The zero-order chi connectivity index (χ0) is 13.0. The van der Waals surface area contributed by atoms with Crippen molar-refractivity contribution in [3.05, 3.63) is 59.6 Å². The lowest BCUT2D eigenvalue weighted by atomic mass is 10.1. The summed E-state index contributed by atoms with van der Waals surface area (Å²) in [6.45, 7) is 2.43. The van der Waals surface area contributed by atoms with Crippen LogP contribution in [0.4, 0.5) is 8.78 Å². The molecule has 2 nitrogen and oxygen atoms in total. The van der Waals surface area contributed by atoms with Gasteiger partial charge in [-0.05, 0) is 36.8 Å². The van der Waals surface area contributed by atoms with Gasteiger partial charge in [0.25, 0.3) is 0 Å². The number of halogens is 2. The molecule has 2 rings (SSSR count). The van der Waals surface area contributed by atoms with E-state index < -0.39 is 11.6 Å². The summed E-state index contributed by atoms with van der Waals surface area (Å²) in [7, 11) is 0. The molecule has 1 aromatic heterocycles. The van der Waals surface area contributed by atoms with Crippen molar-refractivity contribution in [2.75, 3.05) is 0 Å².